The third kappa shape index (κ3) is 4.06. The van der Waals surface area contributed by atoms with E-state index in [1.807, 2.05) is 38.1 Å². The third-order valence-electron chi connectivity index (χ3n) is 4.15. The van der Waals surface area contributed by atoms with E-state index in [1.54, 1.807) is 35.2 Å². The van der Waals surface area contributed by atoms with Crippen molar-refractivity contribution in [3.8, 4) is 0 Å². The summed E-state index contributed by atoms with van der Waals surface area (Å²) in [5.74, 6) is -0.324. The van der Waals surface area contributed by atoms with E-state index in [4.69, 9.17) is 4.74 Å². The first-order valence-corrected chi connectivity index (χ1v) is 8.44. The van der Waals surface area contributed by atoms with Crippen LogP contribution in [0.1, 0.15) is 34.6 Å². The van der Waals surface area contributed by atoms with Crippen molar-refractivity contribution < 1.29 is 14.3 Å². The maximum atomic E-state index is 12.9. The molecular formula is C20H22N2O3. The number of hydrogen-bond acceptors (Lipinski definition) is 3. The quantitative estimate of drug-likeness (QED) is 0.935. The molecule has 1 aliphatic heterocycles. The molecule has 0 unspecified atom stereocenters. The lowest BCUT2D eigenvalue weighted by atomic mass is 10.1. The van der Waals surface area contributed by atoms with Crippen LogP contribution >= 0.6 is 0 Å². The summed E-state index contributed by atoms with van der Waals surface area (Å²) in [7, 11) is 0. The number of amides is 2. The molecule has 0 spiro atoms. The highest BCUT2D eigenvalue weighted by molar-refractivity contribution is 6.09. The molecule has 1 saturated heterocycles. The van der Waals surface area contributed by atoms with Gasteiger partial charge in [0.05, 0.1) is 23.5 Å². The molecule has 2 atom stereocenters. The molecule has 0 aliphatic carbocycles. The number of nitrogens with zero attached hydrogens (tertiary/aromatic N) is 1. The van der Waals surface area contributed by atoms with Gasteiger partial charge in [-0.1, -0.05) is 30.3 Å². The van der Waals surface area contributed by atoms with Gasteiger partial charge in [-0.05, 0) is 38.1 Å². The molecule has 0 radical (unpaired) electrons. The average Bonchev–Trinajstić information content (AvgIpc) is 2.61. The number of carbonyl (C=O) groups is 2. The number of hydrogen-bond donors (Lipinski definition) is 1. The highest BCUT2D eigenvalue weighted by Crippen LogP contribution is 2.21. The summed E-state index contributed by atoms with van der Waals surface area (Å²) in [6.45, 7) is 5.01. The van der Waals surface area contributed by atoms with E-state index in [0.29, 0.717) is 29.9 Å². The molecule has 0 bridgehead atoms. The predicted octanol–water partition coefficient (Wildman–Crippen LogP) is 3.19. The Morgan fingerprint density at radius 2 is 1.56 bits per heavy atom. The van der Waals surface area contributed by atoms with E-state index in [0.717, 1.165) is 0 Å². The predicted molar refractivity (Wildman–Crippen MR) is 96.7 cm³/mol. The second-order valence-corrected chi connectivity index (χ2v) is 6.33. The highest BCUT2D eigenvalue weighted by atomic mass is 16.5. The molecule has 0 aromatic heterocycles. The van der Waals surface area contributed by atoms with E-state index in [-0.39, 0.29) is 24.0 Å². The molecule has 3 rings (SSSR count). The lowest BCUT2D eigenvalue weighted by Crippen LogP contribution is -2.48. The van der Waals surface area contributed by atoms with Gasteiger partial charge in [0.2, 0.25) is 0 Å². The number of para-hydroxylation sites is 1. The standard InChI is InChI=1S/C20H22N2O3/c1-14-12-22(13-15(2)25-14)20(24)17-10-6-7-11-18(17)21-19(23)16-8-4-3-5-9-16/h3-11,14-15H,12-13H2,1-2H3,(H,21,23)/t14-,15-/m1/s1. The van der Waals surface area contributed by atoms with Crippen molar-refractivity contribution in [2.75, 3.05) is 18.4 Å². The van der Waals surface area contributed by atoms with Crippen LogP contribution in [0.3, 0.4) is 0 Å². The van der Waals surface area contributed by atoms with Crippen LogP contribution in [0.5, 0.6) is 0 Å². The zero-order valence-corrected chi connectivity index (χ0v) is 14.4. The normalized spacial score (nSPS) is 20.2. The Bertz CT molecular complexity index is 751. The summed E-state index contributed by atoms with van der Waals surface area (Å²) in [6.07, 6.45) is -0.00227. The Labute approximate surface area is 147 Å². The van der Waals surface area contributed by atoms with Crippen LogP contribution in [0.4, 0.5) is 5.69 Å². The Hall–Kier alpha value is -2.66. The fraction of sp³-hybridized carbons (Fsp3) is 0.300. The molecule has 2 aromatic carbocycles. The van der Waals surface area contributed by atoms with E-state index in [9.17, 15) is 9.59 Å². The maximum Gasteiger partial charge on any atom is 0.256 e. The van der Waals surface area contributed by atoms with Gasteiger partial charge in [-0.3, -0.25) is 9.59 Å². The third-order valence-corrected chi connectivity index (χ3v) is 4.15. The zero-order valence-electron chi connectivity index (χ0n) is 14.4. The maximum absolute atomic E-state index is 12.9. The second kappa shape index (κ2) is 7.49. The number of ether oxygens (including phenoxy) is 1. The van der Waals surface area contributed by atoms with Gasteiger partial charge in [0.1, 0.15) is 0 Å². The van der Waals surface area contributed by atoms with Gasteiger partial charge in [0, 0.05) is 18.7 Å². The van der Waals surface area contributed by atoms with Gasteiger partial charge < -0.3 is 15.0 Å². The lowest BCUT2D eigenvalue weighted by Gasteiger charge is -2.35. The van der Waals surface area contributed by atoms with Crippen molar-refractivity contribution in [1.29, 1.82) is 0 Å². The monoisotopic (exact) mass is 338 g/mol. The molecule has 1 heterocycles. The smallest absolute Gasteiger partial charge is 0.256 e. The first-order valence-electron chi connectivity index (χ1n) is 8.44. The minimum atomic E-state index is -0.232. The van der Waals surface area contributed by atoms with Gasteiger partial charge in [-0.2, -0.15) is 0 Å². The molecule has 2 amide bonds. The van der Waals surface area contributed by atoms with E-state index < -0.39 is 0 Å². The zero-order chi connectivity index (χ0) is 17.8. The van der Waals surface area contributed by atoms with E-state index >= 15 is 0 Å². The minimum Gasteiger partial charge on any atom is -0.372 e. The van der Waals surface area contributed by atoms with Crippen LogP contribution in [-0.4, -0.2) is 42.0 Å². The number of benzene rings is 2. The second-order valence-electron chi connectivity index (χ2n) is 6.33. The van der Waals surface area contributed by atoms with Crippen LogP contribution in [0.25, 0.3) is 0 Å². The number of rotatable bonds is 3. The molecule has 5 heteroatoms. The number of morpholine rings is 1. The van der Waals surface area contributed by atoms with Crippen LogP contribution in [0.15, 0.2) is 54.6 Å². The molecule has 1 N–H and O–H groups in total. The first kappa shape index (κ1) is 17.2. The molecule has 25 heavy (non-hydrogen) atoms. The molecule has 130 valence electrons. The minimum absolute atomic E-state index is 0.00114. The Kier molecular flexibility index (Phi) is 5.14. The fourth-order valence-electron chi connectivity index (χ4n) is 3.08. The molecule has 0 saturated carbocycles. The van der Waals surface area contributed by atoms with Crippen LogP contribution in [0, 0.1) is 0 Å². The highest BCUT2D eigenvalue weighted by Gasteiger charge is 2.28. The lowest BCUT2D eigenvalue weighted by molar-refractivity contribution is -0.0585. The molecule has 5 nitrogen and oxygen atoms in total. The van der Waals surface area contributed by atoms with Crippen LogP contribution in [-0.2, 0) is 4.74 Å². The van der Waals surface area contributed by atoms with Gasteiger partial charge in [-0.25, -0.2) is 0 Å². The SMILES string of the molecule is C[C@@H]1CN(C(=O)c2ccccc2NC(=O)c2ccccc2)C[C@@H](C)O1. The summed E-state index contributed by atoms with van der Waals surface area (Å²) in [5.41, 5.74) is 1.57. The number of anilines is 1. The summed E-state index contributed by atoms with van der Waals surface area (Å²) in [4.78, 5) is 27.1. The fourth-order valence-corrected chi connectivity index (χ4v) is 3.08. The van der Waals surface area contributed by atoms with Gasteiger partial charge >= 0.3 is 0 Å². The number of nitrogens with one attached hydrogen (secondary N) is 1. The van der Waals surface area contributed by atoms with Crippen LogP contribution < -0.4 is 5.32 Å². The summed E-state index contributed by atoms with van der Waals surface area (Å²) in [5, 5.41) is 2.85. The van der Waals surface area contributed by atoms with Gasteiger partial charge in [-0.15, -0.1) is 0 Å². The Morgan fingerprint density at radius 3 is 2.24 bits per heavy atom. The largest absolute Gasteiger partial charge is 0.372 e. The van der Waals surface area contributed by atoms with Crippen molar-refractivity contribution in [3.05, 3.63) is 65.7 Å². The Morgan fingerprint density at radius 1 is 0.960 bits per heavy atom. The van der Waals surface area contributed by atoms with Crippen molar-refractivity contribution in [3.63, 3.8) is 0 Å². The van der Waals surface area contributed by atoms with Crippen LogP contribution in [0.2, 0.25) is 0 Å². The topological polar surface area (TPSA) is 58.6 Å². The molecular weight excluding hydrogens is 316 g/mol. The van der Waals surface area contributed by atoms with Crippen molar-refractivity contribution >= 4 is 17.5 Å². The van der Waals surface area contributed by atoms with E-state index in [2.05, 4.69) is 5.32 Å². The van der Waals surface area contributed by atoms with Gasteiger partial charge in [0.15, 0.2) is 0 Å². The molecule has 2 aromatic rings. The van der Waals surface area contributed by atoms with Crippen molar-refractivity contribution in [2.45, 2.75) is 26.1 Å². The number of carbonyl (C=O) groups excluding carboxylic acids is 2. The summed E-state index contributed by atoms with van der Waals surface area (Å²) >= 11 is 0. The summed E-state index contributed by atoms with van der Waals surface area (Å²) in [6, 6.07) is 16.1. The van der Waals surface area contributed by atoms with Crippen molar-refractivity contribution in [2.24, 2.45) is 0 Å². The summed E-state index contributed by atoms with van der Waals surface area (Å²) < 4.78 is 5.69. The molecule has 1 aliphatic rings. The average molecular weight is 338 g/mol. The Balaban J connectivity index is 1.81. The molecule has 1 fully saturated rings. The van der Waals surface area contributed by atoms with Crippen molar-refractivity contribution in [1.82, 2.24) is 4.90 Å². The first-order chi connectivity index (χ1) is 12.0. The van der Waals surface area contributed by atoms with Gasteiger partial charge in [0.25, 0.3) is 11.8 Å². The van der Waals surface area contributed by atoms with E-state index in [1.165, 1.54) is 0 Å².